The second kappa shape index (κ2) is 4.27. The zero-order chi connectivity index (χ0) is 10.7. The van der Waals surface area contributed by atoms with Gasteiger partial charge in [-0.2, -0.15) is 0 Å². The van der Waals surface area contributed by atoms with Crippen molar-refractivity contribution in [1.29, 1.82) is 0 Å². The number of allylic oxidation sites excluding steroid dienone is 2. The standard InChI is InChI=1S/C12H17NO/c1-5-6-11-10(7-9(2)3)8-13(4)12(11)14/h5-6H,2,7-8H2,1,3-4H3/b6-5-. The molecule has 0 atom stereocenters. The first-order valence-corrected chi connectivity index (χ1v) is 4.80. The van der Waals surface area contributed by atoms with E-state index in [2.05, 4.69) is 6.58 Å². The summed E-state index contributed by atoms with van der Waals surface area (Å²) in [5.41, 5.74) is 3.13. The lowest BCUT2D eigenvalue weighted by atomic mass is 10.0. The van der Waals surface area contributed by atoms with Crippen LogP contribution in [0.5, 0.6) is 0 Å². The van der Waals surface area contributed by atoms with Crippen molar-refractivity contribution in [2.24, 2.45) is 0 Å². The maximum atomic E-state index is 11.7. The van der Waals surface area contributed by atoms with E-state index >= 15 is 0 Å². The minimum Gasteiger partial charge on any atom is -0.338 e. The van der Waals surface area contributed by atoms with Crippen molar-refractivity contribution in [2.45, 2.75) is 20.3 Å². The second-order valence-corrected chi connectivity index (χ2v) is 3.81. The van der Waals surface area contributed by atoms with Crippen LogP contribution in [0.25, 0.3) is 0 Å². The highest BCUT2D eigenvalue weighted by Crippen LogP contribution is 2.23. The van der Waals surface area contributed by atoms with Gasteiger partial charge < -0.3 is 4.90 Å². The summed E-state index contributed by atoms with van der Waals surface area (Å²) in [5, 5.41) is 0. The third kappa shape index (κ3) is 2.13. The average Bonchev–Trinajstić information content (AvgIpc) is 2.32. The third-order valence-electron chi connectivity index (χ3n) is 2.23. The van der Waals surface area contributed by atoms with Gasteiger partial charge in [0.25, 0.3) is 5.91 Å². The highest BCUT2D eigenvalue weighted by atomic mass is 16.2. The van der Waals surface area contributed by atoms with Gasteiger partial charge in [-0.05, 0) is 25.8 Å². The lowest BCUT2D eigenvalue weighted by Gasteiger charge is -2.07. The first kappa shape index (κ1) is 10.8. The molecule has 14 heavy (non-hydrogen) atoms. The molecule has 1 heterocycles. The molecule has 0 aromatic carbocycles. The topological polar surface area (TPSA) is 20.3 Å². The van der Waals surface area contributed by atoms with Crippen LogP contribution in [-0.2, 0) is 4.79 Å². The zero-order valence-corrected chi connectivity index (χ0v) is 9.13. The van der Waals surface area contributed by atoms with Gasteiger partial charge in [0.05, 0.1) is 0 Å². The van der Waals surface area contributed by atoms with Gasteiger partial charge in [-0.3, -0.25) is 4.79 Å². The maximum absolute atomic E-state index is 11.7. The molecule has 0 aromatic heterocycles. The third-order valence-corrected chi connectivity index (χ3v) is 2.23. The van der Waals surface area contributed by atoms with Gasteiger partial charge in [-0.25, -0.2) is 0 Å². The van der Waals surface area contributed by atoms with Gasteiger partial charge in [0.15, 0.2) is 0 Å². The summed E-state index contributed by atoms with van der Waals surface area (Å²) in [6.07, 6.45) is 4.63. The maximum Gasteiger partial charge on any atom is 0.253 e. The lowest BCUT2D eigenvalue weighted by Crippen LogP contribution is -2.21. The molecule has 0 fully saturated rings. The Morgan fingerprint density at radius 2 is 2.29 bits per heavy atom. The van der Waals surface area contributed by atoms with Crippen molar-refractivity contribution in [2.75, 3.05) is 13.6 Å². The molecule has 1 amide bonds. The van der Waals surface area contributed by atoms with Crippen molar-refractivity contribution in [1.82, 2.24) is 4.90 Å². The number of carbonyl (C=O) groups is 1. The van der Waals surface area contributed by atoms with E-state index in [4.69, 9.17) is 0 Å². The van der Waals surface area contributed by atoms with Gasteiger partial charge in [0.2, 0.25) is 0 Å². The molecule has 76 valence electrons. The zero-order valence-electron chi connectivity index (χ0n) is 9.13. The van der Waals surface area contributed by atoms with Gasteiger partial charge in [0, 0.05) is 19.2 Å². The molecule has 0 saturated heterocycles. The van der Waals surface area contributed by atoms with Crippen LogP contribution in [0.3, 0.4) is 0 Å². The molecule has 1 rings (SSSR count). The van der Waals surface area contributed by atoms with E-state index in [9.17, 15) is 4.79 Å². The van der Waals surface area contributed by atoms with Crippen molar-refractivity contribution in [3.05, 3.63) is 35.5 Å². The summed E-state index contributed by atoms with van der Waals surface area (Å²) in [6, 6.07) is 0. The highest BCUT2D eigenvalue weighted by molar-refractivity contribution is 5.99. The Morgan fingerprint density at radius 1 is 1.64 bits per heavy atom. The van der Waals surface area contributed by atoms with Crippen LogP contribution >= 0.6 is 0 Å². The lowest BCUT2D eigenvalue weighted by molar-refractivity contribution is -0.124. The minimum atomic E-state index is 0.124. The summed E-state index contributed by atoms with van der Waals surface area (Å²) in [4.78, 5) is 13.4. The molecule has 0 spiro atoms. The molecule has 1 aliphatic heterocycles. The van der Waals surface area contributed by atoms with E-state index in [0.29, 0.717) is 0 Å². The fraction of sp³-hybridized carbons (Fsp3) is 0.417. The number of rotatable bonds is 3. The first-order valence-electron chi connectivity index (χ1n) is 4.80. The monoisotopic (exact) mass is 191 g/mol. The average molecular weight is 191 g/mol. The van der Waals surface area contributed by atoms with Crippen LogP contribution < -0.4 is 0 Å². The van der Waals surface area contributed by atoms with E-state index in [-0.39, 0.29) is 5.91 Å². The van der Waals surface area contributed by atoms with E-state index in [1.807, 2.05) is 33.0 Å². The van der Waals surface area contributed by atoms with Gasteiger partial charge in [-0.15, -0.1) is 0 Å². The van der Waals surface area contributed by atoms with E-state index in [0.717, 1.165) is 24.1 Å². The molecule has 0 N–H and O–H groups in total. The largest absolute Gasteiger partial charge is 0.338 e. The Balaban J connectivity index is 2.96. The molecule has 0 bridgehead atoms. The summed E-state index contributed by atoms with van der Waals surface area (Å²) >= 11 is 0. The Morgan fingerprint density at radius 3 is 2.79 bits per heavy atom. The minimum absolute atomic E-state index is 0.124. The Bertz CT molecular complexity index is 323. The van der Waals surface area contributed by atoms with Crippen LogP contribution in [0.1, 0.15) is 20.3 Å². The SMILES string of the molecule is C=C(C)CC1=C(/C=C\C)C(=O)N(C)C1. The Labute approximate surface area is 85.6 Å². The summed E-state index contributed by atoms with van der Waals surface area (Å²) < 4.78 is 0. The van der Waals surface area contributed by atoms with Crippen molar-refractivity contribution in [3.8, 4) is 0 Å². The molecule has 0 unspecified atom stereocenters. The Hall–Kier alpha value is -1.31. The van der Waals surface area contributed by atoms with Crippen LogP contribution in [-0.4, -0.2) is 24.4 Å². The van der Waals surface area contributed by atoms with E-state index in [1.165, 1.54) is 5.57 Å². The Kier molecular flexibility index (Phi) is 3.28. The number of likely N-dealkylation sites (N-methyl/N-ethyl adjacent to an activating group) is 1. The van der Waals surface area contributed by atoms with E-state index in [1.54, 1.807) is 4.90 Å². The number of hydrogen-bond donors (Lipinski definition) is 0. The number of amides is 1. The van der Waals surface area contributed by atoms with Gasteiger partial charge in [-0.1, -0.05) is 24.3 Å². The van der Waals surface area contributed by atoms with Crippen LogP contribution in [0.15, 0.2) is 35.5 Å². The predicted octanol–water partition coefficient (Wildman–Crippen LogP) is 2.30. The van der Waals surface area contributed by atoms with Crippen molar-refractivity contribution < 1.29 is 4.79 Å². The van der Waals surface area contributed by atoms with Crippen molar-refractivity contribution in [3.63, 3.8) is 0 Å². The van der Waals surface area contributed by atoms with Crippen LogP contribution in [0.2, 0.25) is 0 Å². The van der Waals surface area contributed by atoms with Crippen molar-refractivity contribution >= 4 is 5.91 Å². The molecule has 2 heteroatoms. The summed E-state index contributed by atoms with van der Waals surface area (Å²) in [7, 11) is 1.83. The first-order chi connectivity index (χ1) is 6.56. The summed E-state index contributed by atoms with van der Waals surface area (Å²) in [6.45, 7) is 8.53. The molecular weight excluding hydrogens is 174 g/mol. The van der Waals surface area contributed by atoms with Gasteiger partial charge >= 0.3 is 0 Å². The number of hydrogen-bond acceptors (Lipinski definition) is 1. The predicted molar refractivity (Wildman–Crippen MR) is 58.9 cm³/mol. The quantitative estimate of drug-likeness (QED) is 0.627. The van der Waals surface area contributed by atoms with Gasteiger partial charge in [0.1, 0.15) is 0 Å². The summed E-state index contributed by atoms with van der Waals surface area (Å²) in [5.74, 6) is 0.124. The normalized spacial score (nSPS) is 17.4. The molecule has 1 aliphatic rings. The fourth-order valence-electron chi connectivity index (χ4n) is 1.67. The molecule has 0 aliphatic carbocycles. The van der Waals surface area contributed by atoms with Crippen LogP contribution in [0.4, 0.5) is 0 Å². The number of nitrogens with zero attached hydrogens (tertiary/aromatic N) is 1. The van der Waals surface area contributed by atoms with Crippen LogP contribution in [0, 0.1) is 0 Å². The number of carbonyl (C=O) groups excluding carboxylic acids is 1. The fourth-order valence-corrected chi connectivity index (χ4v) is 1.67. The van der Waals surface area contributed by atoms with E-state index < -0.39 is 0 Å². The molecule has 0 radical (unpaired) electrons. The molecule has 0 saturated carbocycles. The highest BCUT2D eigenvalue weighted by Gasteiger charge is 2.24. The smallest absolute Gasteiger partial charge is 0.253 e. The molecular formula is C12H17NO. The molecule has 2 nitrogen and oxygen atoms in total. The molecule has 0 aromatic rings. The second-order valence-electron chi connectivity index (χ2n) is 3.81.